The lowest BCUT2D eigenvalue weighted by Gasteiger charge is -2.34. The van der Waals surface area contributed by atoms with Crippen LogP contribution in [0.3, 0.4) is 0 Å². The molecule has 0 radical (unpaired) electrons. The van der Waals surface area contributed by atoms with Gasteiger partial charge in [-0.1, -0.05) is 30.3 Å². The molecule has 2 amide bonds. The van der Waals surface area contributed by atoms with E-state index in [4.69, 9.17) is 5.11 Å². The molecular weight excluding hydrogens is 270 g/mol. The van der Waals surface area contributed by atoms with Crippen molar-refractivity contribution in [2.24, 2.45) is 0 Å². The van der Waals surface area contributed by atoms with E-state index in [1.165, 1.54) is 0 Å². The lowest BCUT2D eigenvalue weighted by atomic mass is 10.1. The van der Waals surface area contributed by atoms with E-state index in [2.05, 4.69) is 5.32 Å². The van der Waals surface area contributed by atoms with E-state index in [0.29, 0.717) is 26.2 Å². The van der Waals surface area contributed by atoms with Gasteiger partial charge < -0.3 is 15.3 Å². The molecule has 2 N–H and O–H groups in total. The molecular formula is C15H21N3O3. The van der Waals surface area contributed by atoms with Crippen molar-refractivity contribution >= 4 is 12.0 Å². The summed E-state index contributed by atoms with van der Waals surface area (Å²) in [7, 11) is 0. The molecule has 0 aromatic heterocycles. The molecule has 1 saturated heterocycles. The molecule has 114 valence electrons. The molecule has 0 spiro atoms. The maximum absolute atomic E-state index is 12.2. The third-order valence-corrected chi connectivity index (χ3v) is 3.66. The van der Waals surface area contributed by atoms with Crippen molar-refractivity contribution in [3.8, 4) is 0 Å². The summed E-state index contributed by atoms with van der Waals surface area (Å²) < 4.78 is 0. The lowest BCUT2D eigenvalue weighted by Crippen LogP contribution is -2.52. The fraction of sp³-hybridized carbons (Fsp3) is 0.467. The third kappa shape index (κ3) is 4.46. The number of aliphatic carboxylic acids is 1. The average molecular weight is 291 g/mol. The highest BCUT2D eigenvalue weighted by Gasteiger charge is 2.23. The van der Waals surface area contributed by atoms with Gasteiger partial charge in [0.25, 0.3) is 0 Å². The normalized spacial score (nSPS) is 17.3. The molecule has 1 aliphatic heterocycles. The number of hydrogen-bond acceptors (Lipinski definition) is 3. The minimum absolute atomic E-state index is 0.0376. The minimum atomic E-state index is -0.828. The zero-order valence-corrected chi connectivity index (χ0v) is 12.2. The van der Waals surface area contributed by atoms with Crippen LogP contribution in [-0.4, -0.2) is 59.6 Å². The largest absolute Gasteiger partial charge is 0.480 e. The standard InChI is InChI=1S/C15H21N3O3/c1-12(13-5-3-2-4-6-13)16-15(21)18-9-7-17(8-10-18)11-14(19)20/h2-6,12H,7-11H2,1H3,(H,16,21)(H,19,20). The van der Waals surface area contributed by atoms with Crippen LogP contribution in [0.15, 0.2) is 30.3 Å². The number of nitrogens with zero attached hydrogens (tertiary/aromatic N) is 2. The number of carbonyl (C=O) groups is 2. The van der Waals surface area contributed by atoms with Crippen LogP contribution in [0.25, 0.3) is 0 Å². The minimum Gasteiger partial charge on any atom is -0.480 e. The molecule has 1 fully saturated rings. The molecule has 1 aromatic rings. The maximum Gasteiger partial charge on any atom is 0.317 e. The van der Waals surface area contributed by atoms with E-state index >= 15 is 0 Å². The number of benzene rings is 1. The topological polar surface area (TPSA) is 72.9 Å². The summed E-state index contributed by atoms with van der Waals surface area (Å²) in [6.07, 6.45) is 0. The Balaban J connectivity index is 1.81. The van der Waals surface area contributed by atoms with E-state index in [9.17, 15) is 9.59 Å². The van der Waals surface area contributed by atoms with Gasteiger partial charge in [-0.2, -0.15) is 0 Å². The Bertz CT molecular complexity index is 484. The first-order valence-corrected chi connectivity index (χ1v) is 7.11. The van der Waals surface area contributed by atoms with Crippen LogP contribution in [0, 0.1) is 0 Å². The van der Waals surface area contributed by atoms with Crippen molar-refractivity contribution in [1.29, 1.82) is 0 Å². The first kappa shape index (κ1) is 15.3. The Morgan fingerprint density at radius 2 is 1.81 bits per heavy atom. The van der Waals surface area contributed by atoms with Gasteiger partial charge in [0.05, 0.1) is 12.6 Å². The average Bonchev–Trinajstić information content (AvgIpc) is 2.48. The summed E-state index contributed by atoms with van der Waals surface area (Å²) in [6, 6.07) is 9.66. The van der Waals surface area contributed by atoms with Gasteiger partial charge in [-0.3, -0.25) is 9.69 Å². The van der Waals surface area contributed by atoms with Crippen molar-refractivity contribution in [1.82, 2.24) is 15.1 Å². The van der Waals surface area contributed by atoms with Crippen LogP contribution >= 0.6 is 0 Å². The number of amides is 2. The second-order valence-electron chi connectivity index (χ2n) is 5.24. The van der Waals surface area contributed by atoms with Crippen molar-refractivity contribution in [3.63, 3.8) is 0 Å². The van der Waals surface area contributed by atoms with Crippen molar-refractivity contribution < 1.29 is 14.7 Å². The van der Waals surface area contributed by atoms with Crippen molar-refractivity contribution in [2.45, 2.75) is 13.0 Å². The molecule has 6 heteroatoms. The van der Waals surface area contributed by atoms with Crippen LogP contribution < -0.4 is 5.32 Å². The molecule has 21 heavy (non-hydrogen) atoms. The van der Waals surface area contributed by atoms with Crippen molar-refractivity contribution in [3.05, 3.63) is 35.9 Å². The second kappa shape index (κ2) is 7.08. The Morgan fingerprint density at radius 3 is 2.38 bits per heavy atom. The Kier molecular flexibility index (Phi) is 5.16. The Morgan fingerprint density at radius 1 is 1.19 bits per heavy atom. The van der Waals surface area contributed by atoms with Crippen LogP contribution in [0.5, 0.6) is 0 Å². The highest BCUT2D eigenvalue weighted by atomic mass is 16.4. The number of urea groups is 1. The first-order valence-electron chi connectivity index (χ1n) is 7.11. The maximum atomic E-state index is 12.2. The Labute approximate surface area is 124 Å². The quantitative estimate of drug-likeness (QED) is 0.873. The Hall–Kier alpha value is -2.08. The molecule has 1 unspecified atom stereocenters. The fourth-order valence-electron chi connectivity index (χ4n) is 2.40. The number of carbonyl (C=O) groups excluding carboxylic acids is 1. The predicted molar refractivity (Wildman–Crippen MR) is 79.0 cm³/mol. The number of piperazine rings is 1. The molecule has 2 rings (SSSR count). The number of hydrogen-bond donors (Lipinski definition) is 2. The zero-order valence-electron chi connectivity index (χ0n) is 12.2. The number of nitrogens with one attached hydrogen (secondary N) is 1. The van der Waals surface area contributed by atoms with Gasteiger partial charge in [0.2, 0.25) is 0 Å². The van der Waals surface area contributed by atoms with Crippen LogP contribution in [0.4, 0.5) is 4.79 Å². The third-order valence-electron chi connectivity index (χ3n) is 3.66. The number of carboxylic acids is 1. The molecule has 1 heterocycles. The van der Waals surface area contributed by atoms with Gasteiger partial charge in [0.15, 0.2) is 0 Å². The van der Waals surface area contributed by atoms with E-state index < -0.39 is 5.97 Å². The molecule has 1 aliphatic rings. The molecule has 0 aliphatic carbocycles. The summed E-state index contributed by atoms with van der Waals surface area (Å²) in [5.74, 6) is -0.828. The lowest BCUT2D eigenvalue weighted by molar-refractivity contribution is -0.138. The molecule has 0 bridgehead atoms. The van der Waals surface area contributed by atoms with Gasteiger partial charge in [-0.15, -0.1) is 0 Å². The molecule has 0 saturated carbocycles. The van der Waals surface area contributed by atoms with Crippen molar-refractivity contribution in [2.75, 3.05) is 32.7 Å². The summed E-state index contributed by atoms with van der Waals surface area (Å²) in [4.78, 5) is 26.4. The molecule has 1 aromatic carbocycles. The molecule has 1 atom stereocenters. The highest BCUT2D eigenvalue weighted by Crippen LogP contribution is 2.12. The van der Waals surface area contributed by atoms with E-state index in [0.717, 1.165) is 5.56 Å². The SMILES string of the molecule is CC(NC(=O)N1CCN(CC(=O)O)CC1)c1ccccc1. The predicted octanol–water partition coefficient (Wildman–Crippen LogP) is 1.16. The summed E-state index contributed by atoms with van der Waals surface area (Å²) in [6.45, 7) is 4.30. The first-order chi connectivity index (χ1) is 10.1. The van der Waals surface area contributed by atoms with Gasteiger partial charge in [0.1, 0.15) is 0 Å². The zero-order chi connectivity index (χ0) is 15.2. The number of carboxylic acid groups (broad SMARTS) is 1. The molecule has 6 nitrogen and oxygen atoms in total. The summed E-state index contributed by atoms with van der Waals surface area (Å²) >= 11 is 0. The smallest absolute Gasteiger partial charge is 0.317 e. The monoisotopic (exact) mass is 291 g/mol. The number of rotatable bonds is 4. The van der Waals surface area contributed by atoms with Crippen LogP contribution in [-0.2, 0) is 4.79 Å². The van der Waals surface area contributed by atoms with Gasteiger partial charge in [-0.25, -0.2) is 4.79 Å². The van der Waals surface area contributed by atoms with E-state index in [1.807, 2.05) is 42.2 Å². The van der Waals surface area contributed by atoms with Crippen LogP contribution in [0.2, 0.25) is 0 Å². The fourth-order valence-corrected chi connectivity index (χ4v) is 2.40. The summed E-state index contributed by atoms with van der Waals surface area (Å²) in [5, 5.41) is 11.7. The highest BCUT2D eigenvalue weighted by molar-refractivity contribution is 5.75. The van der Waals surface area contributed by atoms with Crippen LogP contribution in [0.1, 0.15) is 18.5 Å². The van der Waals surface area contributed by atoms with E-state index in [1.54, 1.807) is 4.90 Å². The van der Waals surface area contributed by atoms with Gasteiger partial charge >= 0.3 is 12.0 Å². The second-order valence-corrected chi connectivity index (χ2v) is 5.24. The van der Waals surface area contributed by atoms with Gasteiger partial charge in [-0.05, 0) is 12.5 Å². The summed E-state index contributed by atoms with van der Waals surface area (Å²) in [5.41, 5.74) is 1.07. The van der Waals surface area contributed by atoms with Gasteiger partial charge in [0, 0.05) is 26.2 Å². The van der Waals surface area contributed by atoms with E-state index in [-0.39, 0.29) is 18.6 Å².